The Hall–Kier alpha value is -0.620. The van der Waals surface area contributed by atoms with Crippen molar-refractivity contribution in [2.24, 2.45) is 5.14 Å². The van der Waals surface area contributed by atoms with E-state index in [0.717, 1.165) is 4.31 Å². The molecule has 0 unspecified atom stereocenters. The van der Waals surface area contributed by atoms with Gasteiger partial charge in [-0.15, -0.1) is 10.2 Å². The Labute approximate surface area is 90.8 Å². The molecule has 0 aliphatic rings. The number of hydrogen-bond donors (Lipinski definition) is 1. The lowest BCUT2D eigenvalue weighted by Gasteiger charge is -2.06. The molecule has 11 heteroatoms. The van der Waals surface area contributed by atoms with E-state index < -0.39 is 28.7 Å². The second-order valence-corrected chi connectivity index (χ2v) is 7.70. The Morgan fingerprint density at radius 3 is 1.93 bits per heavy atom. The summed E-state index contributed by atoms with van der Waals surface area (Å²) in [6.45, 7) is 0. The normalized spacial score (nSPS) is 13.3. The zero-order valence-corrected chi connectivity index (χ0v) is 10.2. The molecule has 0 bridgehead atoms. The molecule has 0 aliphatic heterocycles. The lowest BCUT2D eigenvalue weighted by Crippen LogP contribution is -2.22. The molecule has 0 amide bonds. The van der Waals surface area contributed by atoms with Crippen molar-refractivity contribution in [3.63, 3.8) is 0 Å². The van der Waals surface area contributed by atoms with Crippen molar-refractivity contribution < 1.29 is 16.8 Å². The average Bonchev–Trinajstić information content (AvgIpc) is 2.50. The number of primary sulfonamides is 1. The average molecular weight is 272 g/mol. The number of rotatable bonds is 3. The predicted octanol–water partition coefficient (Wildman–Crippen LogP) is -1.56. The third kappa shape index (κ3) is 2.49. The van der Waals surface area contributed by atoms with Gasteiger partial charge in [0.15, 0.2) is 0 Å². The number of aromatic nitrogens is 2. The summed E-state index contributed by atoms with van der Waals surface area (Å²) < 4.78 is 44.6. The Balaban J connectivity index is 3.28. The first kappa shape index (κ1) is 12.4. The first-order valence-corrected chi connectivity index (χ1v) is 7.25. The Morgan fingerprint density at radius 1 is 1.13 bits per heavy atom. The number of nitrogens with zero attached hydrogens (tertiary/aromatic N) is 3. The Bertz CT molecular complexity index is 556. The van der Waals surface area contributed by atoms with Crippen LogP contribution in [0.25, 0.3) is 0 Å². The minimum absolute atomic E-state index is 0.406. The maximum atomic E-state index is 11.5. The van der Waals surface area contributed by atoms with Crippen LogP contribution in [0.15, 0.2) is 8.68 Å². The van der Waals surface area contributed by atoms with Gasteiger partial charge in [0.1, 0.15) is 0 Å². The van der Waals surface area contributed by atoms with Crippen LogP contribution < -0.4 is 5.14 Å². The van der Waals surface area contributed by atoms with E-state index in [1.54, 1.807) is 0 Å². The van der Waals surface area contributed by atoms with Crippen molar-refractivity contribution in [2.75, 3.05) is 14.1 Å². The molecule has 0 atom stereocenters. The molecule has 1 rings (SSSR count). The van der Waals surface area contributed by atoms with Gasteiger partial charge in [0, 0.05) is 14.1 Å². The topological polar surface area (TPSA) is 123 Å². The molecule has 0 aliphatic carbocycles. The number of sulfonamides is 2. The third-order valence-electron chi connectivity index (χ3n) is 1.33. The number of nitrogens with two attached hydrogens (primary N) is 1. The van der Waals surface area contributed by atoms with Gasteiger partial charge in [-0.1, -0.05) is 11.3 Å². The molecule has 8 nitrogen and oxygen atoms in total. The van der Waals surface area contributed by atoms with E-state index in [1.165, 1.54) is 14.1 Å². The van der Waals surface area contributed by atoms with E-state index in [-0.39, 0.29) is 0 Å². The highest BCUT2D eigenvalue weighted by molar-refractivity contribution is 7.93. The van der Waals surface area contributed by atoms with E-state index in [9.17, 15) is 16.8 Å². The van der Waals surface area contributed by atoms with Crippen molar-refractivity contribution in [1.29, 1.82) is 0 Å². The lowest BCUT2D eigenvalue weighted by molar-refractivity contribution is 0.518. The second-order valence-electron chi connectivity index (χ2n) is 2.67. The molecule has 1 aromatic rings. The van der Waals surface area contributed by atoms with Crippen LogP contribution in [-0.2, 0) is 20.0 Å². The molecule has 0 fully saturated rings. The van der Waals surface area contributed by atoms with Crippen LogP contribution in [0, 0.1) is 0 Å². The van der Waals surface area contributed by atoms with Gasteiger partial charge in [0.05, 0.1) is 0 Å². The van der Waals surface area contributed by atoms with E-state index in [1.807, 2.05) is 0 Å². The van der Waals surface area contributed by atoms with Gasteiger partial charge in [-0.25, -0.2) is 26.3 Å². The summed E-state index contributed by atoms with van der Waals surface area (Å²) >= 11 is 0.410. The third-order valence-corrected chi connectivity index (χ3v) is 5.73. The van der Waals surface area contributed by atoms with Crippen molar-refractivity contribution in [3.05, 3.63) is 0 Å². The fourth-order valence-corrected chi connectivity index (χ4v) is 3.46. The molecule has 1 aromatic heterocycles. The van der Waals surface area contributed by atoms with E-state index in [0.29, 0.717) is 11.3 Å². The standard InChI is InChI=1S/C4H8N4O4S3/c1-8(2)15(11,12)4-7-6-3(13-4)14(5,9)10/h1-2H3,(H2,5,9,10). The van der Waals surface area contributed by atoms with E-state index in [4.69, 9.17) is 5.14 Å². The van der Waals surface area contributed by atoms with Crippen molar-refractivity contribution in [1.82, 2.24) is 14.5 Å². The van der Waals surface area contributed by atoms with E-state index >= 15 is 0 Å². The van der Waals surface area contributed by atoms with Crippen LogP contribution in [-0.4, -0.2) is 45.4 Å². The smallest absolute Gasteiger partial charge is 0.223 e. The fraction of sp³-hybridized carbons (Fsp3) is 0.500. The molecule has 0 aromatic carbocycles. The first-order valence-electron chi connectivity index (χ1n) is 3.44. The monoisotopic (exact) mass is 272 g/mol. The van der Waals surface area contributed by atoms with Gasteiger partial charge in [-0.2, -0.15) is 0 Å². The van der Waals surface area contributed by atoms with Gasteiger partial charge in [0.25, 0.3) is 20.0 Å². The Morgan fingerprint density at radius 2 is 1.60 bits per heavy atom. The molecule has 1 heterocycles. The molecular weight excluding hydrogens is 264 g/mol. The summed E-state index contributed by atoms with van der Waals surface area (Å²) in [5.41, 5.74) is 0. The van der Waals surface area contributed by atoms with Gasteiger partial charge >= 0.3 is 0 Å². The maximum absolute atomic E-state index is 11.5. The summed E-state index contributed by atoms with van der Waals surface area (Å²) in [7, 11) is -5.17. The minimum atomic E-state index is -4.01. The molecule has 0 saturated heterocycles. The predicted molar refractivity (Wildman–Crippen MR) is 52.2 cm³/mol. The highest BCUT2D eigenvalue weighted by atomic mass is 32.3. The summed E-state index contributed by atoms with van der Waals surface area (Å²) in [5.74, 6) is 0. The SMILES string of the molecule is CN(C)S(=O)(=O)c1nnc(S(N)(=O)=O)s1. The van der Waals surface area contributed by atoms with Gasteiger partial charge in [0.2, 0.25) is 8.68 Å². The van der Waals surface area contributed by atoms with Crippen LogP contribution >= 0.6 is 11.3 Å². The molecule has 0 radical (unpaired) electrons. The van der Waals surface area contributed by atoms with Gasteiger partial charge in [-0.05, 0) is 0 Å². The second kappa shape index (κ2) is 3.75. The van der Waals surface area contributed by atoms with Crippen LogP contribution in [0.5, 0.6) is 0 Å². The van der Waals surface area contributed by atoms with Gasteiger partial charge < -0.3 is 0 Å². The molecule has 0 spiro atoms. The largest absolute Gasteiger partial charge is 0.271 e. The summed E-state index contributed by atoms with van der Waals surface area (Å²) in [6, 6.07) is 0. The van der Waals surface area contributed by atoms with Crippen molar-refractivity contribution >= 4 is 31.4 Å². The minimum Gasteiger partial charge on any atom is -0.223 e. The van der Waals surface area contributed by atoms with Crippen molar-refractivity contribution in [3.8, 4) is 0 Å². The number of hydrogen-bond acceptors (Lipinski definition) is 7. The molecule has 2 N–H and O–H groups in total. The summed E-state index contributed by atoms with van der Waals surface area (Å²) in [6.07, 6.45) is 0. The zero-order chi connectivity index (χ0) is 11.9. The zero-order valence-electron chi connectivity index (χ0n) is 7.78. The maximum Gasteiger partial charge on any atom is 0.271 e. The van der Waals surface area contributed by atoms with Crippen LogP contribution in [0.3, 0.4) is 0 Å². The van der Waals surface area contributed by atoms with Gasteiger partial charge in [-0.3, -0.25) is 0 Å². The van der Waals surface area contributed by atoms with Crippen LogP contribution in [0.2, 0.25) is 0 Å². The Kier molecular flexibility index (Phi) is 3.11. The van der Waals surface area contributed by atoms with Crippen LogP contribution in [0.1, 0.15) is 0 Å². The first-order chi connectivity index (χ1) is 6.65. The molecule has 86 valence electrons. The highest BCUT2D eigenvalue weighted by Crippen LogP contribution is 2.20. The highest BCUT2D eigenvalue weighted by Gasteiger charge is 2.25. The molecule has 15 heavy (non-hydrogen) atoms. The quantitative estimate of drug-likeness (QED) is 0.709. The summed E-state index contributed by atoms with van der Waals surface area (Å²) in [5, 5.41) is 11.2. The fourth-order valence-electron chi connectivity index (χ4n) is 0.573. The molecular formula is C4H8N4O4S3. The lowest BCUT2D eigenvalue weighted by atomic mass is 11.3. The van der Waals surface area contributed by atoms with E-state index in [2.05, 4.69) is 10.2 Å². The van der Waals surface area contributed by atoms with Crippen LogP contribution in [0.4, 0.5) is 0 Å². The van der Waals surface area contributed by atoms with Crippen molar-refractivity contribution in [2.45, 2.75) is 8.68 Å². The summed E-state index contributed by atoms with van der Waals surface area (Å²) in [4.78, 5) is 0. The molecule has 0 saturated carbocycles.